The summed E-state index contributed by atoms with van der Waals surface area (Å²) in [6, 6.07) is 7.73. The van der Waals surface area contributed by atoms with Gasteiger partial charge in [0.15, 0.2) is 0 Å². The summed E-state index contributed by atoms with van der Waals surface area (Å²) in [7, 11) is 1.63. The molecule has 0 unspecified atom stereocenters. The molecule has 1 aromatic carbocycles. The number of amides is 1. The number of aryl methyl sites for hydroxylation is 1. The van der Waals surface area contributed by atoms with Crippen LogP contribution in [0.4, 0.5) is 0 Å². The van der Waals surface area contributed by atoms with Crippen molar-refractivity contribution in [3.8, 4) is 5.75 Å². The Hall–Kier alpha value is -1.26. The predicted molar refractivity (Wildman–Crippen MR) is 75.9 cm³/mol. The summed E-state index contributed by atoms with van der Waals surface area (Å²) in [6.45, 7) is 1.54. The molecule has 0 aromatic heterocycles. The van der Waals surface area contributed by atoms with Crippen LogP contribution in [0.25, 0.3) is 0 Å². The van der Waals surface area contributed by atoms with Crippen molar-refractivity contribution in [3.63, 3.8) is 0 Å². The Bertz CT molecular complexity index is 367. The van der Waals surface area contributed by atoms with Gasteiger partial charge in [-0.3, -0.25) is 4.79 Å². The Morgan fingerprint density at radius 2 is 2.00 bits per heavy atom. The van der Waals surface area contributed by atoms with Gasteiger partial charge in [0.05, 0.1) is 20.3 Å². The second kappa shape index (κ2) is 9.64. The normalized spacial score (nSPS) is 10.2. The third kappa shape index (κ3) is 7.03. The van der Waals surface area contributed by atoms with Crippen molar-refractivity contribution in [2.24, 2.45) is 0 Å². The number of hydrogen-bond acceptors (Lipinski definition) is 3. The molecular weight excluding hydrogens is 266 g/mol. The number of methoxy groups -OCH3 is 1. The third-order valence-electron chi connectivity index (χ3n) is 2.59. The average molecular weight is 286 g/mol. The van der Waals surface area contributed by atoms with Gasteiger partial charge in [-0.1, -0.05) is 12.1 Å². The van der Waals surface area contributed by atoms with Crippen molar-refractivity contribution in [1.29, 1.82) is 0 Å². The third-order valence-corrected chi connectivity index (χ3v) is 2.74. The second-order valence-corrected chi connectivity index (χ2v) is 4.38. The first-order valence-corrected chi connectivity index (χ1v) is 6.83. The van der Waals surface area contributed by atoms with Crippen LogP contribution in [0.15, 0.2) is 24.3 Å². The highest BCUT2D eigenvalue weighted by Gasteiger charge is 2.02. The summed E-state index contributed by atoms with van der Waals surface area (Å²) < 4.78 is 10.2. The number of alkyl halides is 1. The van der Waals surface area contributed by atoms with Gasteiger partial charge in [0, 0.05) is 18.8 Å². The van der Waals surface area contributed by atoms with E-state index in [2.05, 4.69) is 5.32 Å². The molecule has 0 saturated heterocycles. The highest BCUT2D eigenvalue weighted by molar-refractivity contribution is 6.17. The fraction of sp³-hybridized carbons (Fsp3) is 0.500. The lowest BCUT2D eigenvalue weighted by Crippen LogP contribution is -2.27. The van der Waals surface area contributed by atoms with Crippen LogP contribution >= 0.6 is 11.6 Å². The van der Waals surface area contributed by atoms with E-state index in [1.54, 1.807) is 7.11 Å². The average Bonchev–Trinajstić information content (AvgIpc) is 2.45. The summed E-state index contributed by atoms with van der Waals surface area (Å²) in [5, 5.41) is 2.80. The van der Waals surface area contributed by atoms with Crippen LogP contribution in [0.1, 0.15) is 12.0 Å². The Balaban J connectivity index is 2.15. The molecule has 0 aliphatic carbocycles. The SMILES string of the molecule is COc1ccc(CCC(=O)NCCOCCCl)cc1. The molecule has 1 rings (SSSR count). The highest BCUT2D eigenvalue weighted by Crippen LogP contribution is 2.12. The molecule has 1 amide bonds. The fourth-order valence-electron chi connectivity index (χ4n) is 1.56. The first-order chi connectivity index (χ1) is 9.26. The van der Waals surface area contributed by atoms with Crippen LogP contribution in [0, 0.1) is 0 Å². The van der Waals surface area contributed by atoms with Gasteiger partial charge in [0.2, 0.25) is 5.91 Å². The monoisotopic (exact) mass is 285 g/mol. The van der Waals surface area contributed by atoms with E-state index in [0.29, 0.717) is 32.1 Å². The molecule has 5 heteroatoms. The number of hydrogen-bond donors (Lipinski definition) is 1. The van der Waals surface area contributed by atoms with Gasteiger partial charge in [-0.25, -0.2) is 0 Å². The van der Waals surface area contributed by atoms with E-state index in [1.807, 2.05) is 24.3 Å². The van der Waals surface area contributed by atoms with Gasteiger partial charge in [-0.15, -0.1) is 11.6 Å². The number of carbonyl (C=O) groups excluding carboxylic acids is 1. The standard InChI is InChI=1S/C14H20ClNO3/c1-18-13-5-2-12(3-6-13)4-7-14(17)16-9-11-19-10-8-15/h2-3,5-6H,4,7-11H2,1H3,(H,16,17). The van der Waals surface area contributed by atoms with Crippen molar-refractivity contribution >= 4 is 17.5 Å². The molecule has 0 heterocycles. The lowest BCUT2D eigenvalue weighted by atomic mass is 10.1. The van der Waals surface area contributed by atoms with Crippen LogP contribution < -0.4 is 10.1 Å². The Labute approximate surface area is 119 Å². The molecule has 19 heavy (non-hydrogen) atoms. The minimum Gasteiger partial charge on any atom is -0.497 e. The number of benzene rings is 1. The molecule has 1 N–H and O–H groups in total. The van der Waals surface area contributed by atoms with E-state index < -0.39 is 0 Å². The van der Waals surface area contributed by atoms with E-state index in [0.717, 1.165) is 17.7 Å². The van der Waals surface area contributed by atoms with Crippen molar-refractivity contribution in [2.45, 2.75) is 12.8 Å². The molecule has 0 saturated carbocycles. The Morgan fingerprint density at radius 1 is 1.26 bits per heavy atom. The van der Waals surface area contributed by atoms with Crippen molar-refractivity contribution < 1.29 is 14.3 Å². The quantitative estimate of drug-likeness (QED) is 0.558. The number of halogens is 1. The topological polar surface area (TPSA) is 47.6 Å². The highest BCUT2D eigenvalue weighted by atomic mass is 35.5. The van der Waals surface area contributed by atoms with E-state index in [9.17, 15) is 4.79 Å². The zero-order valence-corrected chi connectivity index (χ0v) is 11.9. The smallest absolute Gasteiger partial charge is 0.220 e. The van der Waals surface area contributed by atoms with Crippen molar-refractivity contribution in [1.82, 2.24) is 5.32 Å². The van der Waals surface area contributed by atoms with Crippen LogP contribution in [0.3, 0.4) is 0 Å². The molecule has 1 aromatic rings. The maximum Gasteiger partial charge on any atom is 0.220 e. The van der Waals surface area contributed by atoms with E-state index >= 15 is 0 Å². The van der Waals surface area contributed by atoms with Crippen molar-refractivity contribution in [2.75, 3.05) is 32.7 Å². The van der Waals surface area contributed by atoms with Gasteiger partial charge in [-0.05, 0) is 24.1 Å². The Morgan fingerprint density at radius 3 is 2.63 bits per heavy atom. The van der Waals surface area contributed by atoms with Gasteiger partial charge >= 0.3 is 0 Å². The minimum absolute atomic E-state index is 0.0327. The van der Waals surface area contributed by atoms with Crippen molar-refractivity contribution in [3.05, 3.63) is 29.8 Å². The zero-order valence-electron chi connectivity index (χ0n) is 11.2. The number of rotatable bonds is 9. The summed E-state index contributed by atoms with van der Waals surface area (Å²) in [5.41, 5.74) is 1.12. The molecule has 4 nitrogen and oxygen atoms in total. The summed E-state index contributed by atoms with van der Waals surface area (Å²) in [4.78, 5) is 11.6. The van der Waals surface area contributed by atoms with Gasteiger partial charge < -0.3 is 14.8 Å². The number of nitrogens with one attached hydrogen (secondary N) is 1. The molecular formula is C14H20ClNO3. The zero-order chi connectivity index (χ0) is 13.9. The van der Waals surface area contributed by atoms with E-state index in [4.69, 9.17) is 21.1 Å². The number of carbonyl (C=O) groups is 1. The number of ether oxygens (including phenoxy) is 2. The molecule has 0 radical (unpaired) electrons. The predicted octanol–water partition coefficient (Wildman–Crippen LogP) is 2.00. The fourth-order valence-corrected chi connectivity index (χ4v) is 1.67. The molecule has 0 aliphatic heterocycles. The molecule has 106 valence electrons. The first kappa shape index (κ1) is 15.8. The minimum atomic E-state index is 0.0327. The van der Waals surface area contributed by atoms with Gasteiger partial charge in [-0.2, -0.15) is 0 Å². The maximum absolute atomic E-state index is 11.6. The summed E-state index contributed by atoms with van der Waals surface area (Å²) in [5.74, 6) is 1.33. The first-order valence-electron chi connectivity index (χ1n) is 6.29. The molecule has 0 aliphatic rings. The van der Waals surface area contributed by atoms with E-state index in [1.165, 1.54) is 0 Å². The maximum atomic E-state index is 11.6. The van der Waals surface area contributed by atoms with Crippen LogP contribution in [0.2, 0.25) is 0 Å². The van der Waals surface area contributed by atoms with Gasteiger partial charge in [0.25, 0.3) is 0 Å². The van der Waals surface area contributed by atoms with Crippen LogP contribution in [0.5, 0.6) is 5.75 Å². The molecule has 0 spiro atoms. The second-order valence-electron chi connectivity index (χ2n) is 4.00. The molecule has 0 fully saturated rings. The lowest BCUT2D eigenvalue weighted by Gasteiger charge is -2.06. The Kier molecular flexibility index (Phi) is 8.02. The summed E-state index contributed by atoms with van der Waals surface area (Å²) in [6.07, 6.45) is 1.19. The molecule has 0 atom stereocenters. The van der Waals surface area contributed by atoms with Crippen LogP contribution in [-0.2, 0) is 16.0 Å². The van der Waals surface area contributed by atoms with Crippen LogP contribution in [-0.4, -0.2) is 38.7 Å². The van der Waals surface area contributed by atoms with E-state index in [-0.39, 0.29) is 5.91 Å². The van der Waals surface area contributed by atoms with Gasteiger partial charge in [0.1, 0.15) is 5.75 Å². The molecule has 0 bridgehead atoms. The lowest BCUT2D eigenvalue weighted by molar-refractivity contribution is -0.121. The largest absolute Gasteiger partial charge is 0.497 e. The summed E-state index contributed by atoms with van der Waals surface area (Å²) >= 11 is 5.46.